The largest absolute Gasteiger partial charge is 0.393 e. The average molecular weight is 265 g/mol. The molecule has 1 rings (SSSR count). The fourth-order valence-corrected chi connectivity index (χ4v) is 3.58. The molecule has 0 bridgehead atoms. The Bertz CT molecular complexity index is 366. The van der Waals surface area contributed by atoms with Crippen molar-refractivity contribution in [3.63, 3.8) is 0 Å². The van der Waals surface area contributed by atoms with Crippen LogP contribution >= 0.6 is 12.2 Å². The van der Waals surface area contributed by atoms with E-state index in [-0.39, 0.29) is 5.25 Å². The van der Waals surface area contributed by atoms with Gasteiger partial charge in [0, 0.05) is 18.3 Å². The van der Waals surface area contributed by atoms with Crippen LogP contribution in [-0.2, 0) is 14.6 Å². The van der Waals surface area contributed by atoms with Gasteiger partial charge in [-0.2, -0.15) is 0 Å². The molecule has 1 aliphatic rings. The third kappa shape index (κ3) is 2.93. The molecule has 4 nitrogen and oxygen atoms in total. The zero-order valence-corrected chi connectivity index (χ0v) is 11.4. The Balaban J connectivity index is 2.80. The number of hydrogen-bond donors (Lipinski definition) is 1. The quantitative estimate of drug-likeness (QED) is 0.748. The molecule has 1 saturated carbocycles. The molecule has 2 atom stereocenters. The number of thiocarbonyl (C=S) groups is 1. The molecule has 2 N–H and O–H groups in total. The first kappa shape index (κ1) is 13.9. The van der Waals surface area contributed by atoms with Gasteiger partial charge in [0.1, 0.15) is 9.84 Å². The lowest BCUT2D eigenvalue weighted by molar-refractivity contribution is 0.0896. The predicted molar refractivity (Wildman–Crippen MR) is 68.2 cm³/mol. The van der Waals surface area contributed by atoms with E-state index in [2.05, 4.69) is 0 Å². The molecule has 0 unspecified atom stereocenters. The topological polar surface area (TPSA) is 69.4 Å². The molecule has 0 saturated heterocycles. The van der Waals surface area contributed by atoms with E-state index in [4.69, 9.17) is 22.7 Å². The molecule has 1 fully saturated rings. The van der Waals surface area contributed by atoms with Gasteiger partial charge in [-0.25, -0.2) is 8.42 Å². The Morgan fingerprint density at radius 1 is 1.62 bits per heavy atom. The van der Waals surface area contributed by atoms with E-state index in [0.29, 0.717) is 37.5 Å². The van der Waals surface area contributed by atoms with E-state index in [9.17, 15) is 8.42 Å². The highest BCUT2D eigenvalue weighted by Gasteiger charge is 2.45. The molecule has 0 amide bonds. The molecule has 94 valence electrons. The van der Waals surface area contributed by atoms with Crippen molar-refractivity contribution in [3.8, 4) is 0 Å². The van der Waals surface area contributed by atoms with Crippen molar-refractivity contribution in [2.45, 2.75) is 31.4 Å². The Hall–Kier alpha value is -0.200. The summed E-state index contributed by atoms with van der Waals surface area (Å²) in [6.07, 6.45) is 3.11. The van der Waals surface area contributed by atoms with Gasteiger partial charge in [-0.15, -0.1) is 0 Å². The van der Waals surface area contributed by atoms with Gasteiger partial charge in [0.25, 0.3) is 0 Å². The Labute approximate surface area is 102 Å². The highest BCUT2D eigenvalue weighted by atomic mass is 32.2. The summed E-state index contributed by atoms with van der Waals surface area (Å²) >= 11 is 5.06. The van der Waals surface area contributed by atoms with E-state index >= 15 is 0 Å². The summed E-state index contributed by atoms with van der Waals surface area (Å²) in [7, 11) is -3.00. The van der Waals surface area contributed by atoms with Crippen LogP contribution in [0.3, 0.4) is 0 Å². The third-order valence-corrected chi connectivity index (χ3v) is 5.32. The van der Waals surface area contributed by atoms with Crippen LogP contribution in [0.25, 0.3) is 0 Å². The third-order valence-electron chi connectivity index (χ3n) is 3.27. The molecule has 0 aromatic rings. The minimum atomic E-state index is -3.00. The molecular formula is C10H19NO3S2. The van der Waals surface area contributed by atoms with Crippen LogP contribution in [-0.4, -0.2) is 38.1 Å². The summed E-state index contributed by atoms with van der Waals surface area (Å²) in [5, 5.41) is -0.325. The van der Waals surface area contributed by atoms with Gasteiger partial charge in [-0.1, -0.05) is 12.2 Å². The lowest BCUT2D eigenvalue weighted by Gasteiger charge is -2.27. The summed E-state index contributed by atoms with van der Waals surface area (Å²) in [5.41, 5.74) is 5.32. The van der Waals surface area contributed by atoms with Crippen molar-refractivity contribution in [1.29, 1.82) is 0 Å². The van der Waals surface area contributed by atoms with Crippen LogP contribution in [0.5, 0.6) is 0 Å². The first-order valence-electron chi connectivity index (χ1n) is 5.38. The summed E-state index contributed by atoms with van der Waals surface area (Å²) < 4.78 is 28.4. The number of nitrogens with two attached hydrogens (primary N) is 1. The number of ether oxygens (including phenoxy) is 1. The fraction of sp³-hybridized carbons (Fsp3) is 0.900. The van der Waals surface area contributed by atoms with Crippen molar-refractivity contribution < 1.29 is 13.2 Å². The molecule has 6 heteroatoms. The average Bonchev–Trinajstić information content (AvgIpc) is 2.59. The van der Waals surface area contributed by atoms with E-state index < -0.39 is 15.3 Å². The summed E-state index contributed by atoms with van der Waals surface area (Å²) in [4.78, 5) is 0.382. The zero-order valence-electron chi connectivity index (χ0n) is 9.73. The van der Waals surface area contributed by atoms with Crippen molar-refractivity contribution in [2.75, 3.05) is 19.5 Å². The first-order valence-corrected chi connectivity index (χ1v) is 7.74. The minimum absolute atomic E-state index is 0.325. The van der Waals surface area contributed by atoms with E-state index in [0.717, 1.165) is 0 Å². The SMILES string of the molecule is CCOC[C@@]1(C(N)=S)CC[C@@H](S(C)(=O)=O)C1. The van der Waals surface area contributed by atoms with E-state index in [1.807, 2.05) is 6.92 Å². The highest BCUT2D eigenvalue weighted by Crippen LogP contribution is 2.41. The number of hydrogen-bond acceptors (Lipinski definition) is 4. The second-order valence-electron chi connectivity index (χ2n) is 4.48. The van der Waals surface area contributed by atoms with Crippen molar-refractivity contribution in [3.05, 3.63) is 0 Å². The number of sulfone groups is 1. The normalized spacial score (nSPS) is 30.5. The summed E-state index contributed by atoms with van der Waals surface area (Å²) in [6.45, 7) is 2.93. The van der Waals surface area contributed by atoms with Gasteiger partial charge >= 0.3 is 0 Å². The van der Waals surface area contributed by atoms with Crippen LogP contribution in [0, 0.1) is 5.41 Å². The van der Waals surface area contributed by atoms with E-state index in [1.165, 1.54) is 6.26 Å². The van der Waals surface area contributed by atoms with Gasteiger partial charge in [0.2, 0.25) is 0 Å². The van der Waals surface area contributed by atoms with Gasteiger partial charge in [-0.05, 0) is 26.2 Å². The second-order valence-corrected chi connectivity index (χ2v) is 7.24. The Kier molecular flexibility index (Phi) is 4.31. The number of rotatable bonds is 5. The zero-order chi connectivity index (χ0) is 12.4. The van der Waals surface area contributed by atoms with Crippen molar-refractivity contribution in [1.82, 2.24) is 0 Å². The second kappa shape index (κ2) is 4.98. The van der Waals surface area contributed by atoms with Crippen LogP contribution in [0.1, 0.15) is 26.2 Å². The predicted octanol–water partition coefficient (Wildman–Crippen LogP) is 0.893. The van der Waals surface area contributed by atoms with Crippen LogP contribution < -0.4 is 5.73 Å². The molecule has 0 aromatic heterocycles. The summed E-state index contributed by atoms with van der Waals surface area (Å²) in [5.74, 6) is 0. The van der Waals surface area contributed by atoms with Crippen LogP contribution in [0.2, 0.25) is 0 Å². The van der Waals surface area contributed by atoms with Gasteiger partial charge < -0.3 is 10.5 Å². The lowest BCUT2D eigenvalue weighted by Crippen LogP contribution is -2.38. The van der Waals surface area contributed by atoms with Crippen LogP contribution in [0.4, 0.5) is 0 Å². The standard InChI is InChI=1S/C10H19NO3S2/c1-3-14-7-10(9(11)15)5-4-8(6-10)16(2,12)13/h8H,3-7H2,1-2H3,(H2,11,15)/t8-,10-/m1/s1. The highest BCUT2D eigenvalue weighted by molar-refractivity contribution is 7.91. The molecule has 0 heterocycles. The lowest BCUT2D eigenvalue weighted by atomic mass is 9.87. The Morgan fingerprint density at radius 2 is 2.25 bits per heavy atom. The first-order chi connectivity index (χ1) is 7.32. The molecule has 0 aromatic carbocycles. The van der Waals surface area contributed by atoms with E-state index in [1.54, 1.807) is 0 Å². The fourth-order valence-electron chi connectivity index (χ4n) is 2.17. The summed E-state index contributed by atoms with van der Waals surface area (Å²) in [6, 6.07) is 0. The molecule has 16 heavy (non-hydrogen) atoms. The smallest absolute Gasteiger partial charge is 0.150 e. The van der Waals surface area contributed by atoms with Crippen molar-refractivity contribution in [2.24, 2.45) is 11.1 Å². The molecular weight excluding hydrogens is 246 g/mol. The minimum Gasteiger partial charge on any atom is -0.393 e. The maximum absolute atomic E-state index is 11.5. The van der Waals surface area contributed by atoms with Crippen molar-refractivity contribution >= 4 is 27.0 Å². The monoisotopic (exact) mass is 265 g/mol. The Morgan fingerprint density at radius 3 is 2.62 bits per heavy atom. The molecule has 0 radical (unpaired) electrons. The molecule has 0 aliphatic heterocycles. The van der Waals surface area contributed by atoms with Crippen LogP contribution in [0.15, 0.2) is 0 Å². The maximum Gasteiger partial charge on any atom is 0.150 e. The van der Waals surface area contributed by atoms with Gasteiger partial charge in [-0.3, -0.25) is 0 Å². The van der Waals surface area contributed by atoms with Gasteiger partial charge in [0.05, 0.1) is 16.8 Å². The molecule has 1 aliphatic carbocycles. The molecule has 0 spiro atoms. The van der Waals surface area contributed by atoms with Gasteiger partial charge in [0.15, 0.2) is 0 Å². The maximum atomic E-state index is 11.5.